The van der Waals surface area contributed by atoms with E-state index in [9.17, 15) is 5.11 Å². The molecule has 0 unspecified atom stereocenters. The summed E-state index contributed by atoms with van der Waals surface area (Å²) in [6, 6.07) is 8.20. The zero-order valence-corrected chi connectivity index (χ0v) is 13.4. The van der Waals surface area contributed by atoms with Crippen LogP contribution in [-0.2, 0) is 9.47 Å². The Hall–Kier alpha value is -0.460. The zero-order valence-electron chi connectivity index (χ0n) is 11.8. The molecule has 112 valence electrons. The molecule has 0 spiro atoms. The normalized spacial score (nSPS) is 21.9. The molecule has 0 aromatic heterocycles. The summed E-state index contributed by atoms with van der Waals surface area (Å²) in [5, 5.41) is 9.92. The highest BCUT2D eigenvalue weighted by atomic mass is 79.9. The second kappa shape index (κ2) is 8.10. The first-order valence-electron chi connectivity index (χ1n) is 7.04. The minimum Gasteiger partial charge on any atom is -0.389 e. The van der Waals surface area contributed by atoms with E-state index in [2.05, 4.69) is 33.0 Å². The molecule has 0 saturated carbocycles. The third kappa shape index (κ3) is 4.82. The van der Waals surface area contributed by atoms with E-state index >= 15 is 0 Å². The van der Waals surface area contributed by atoms with Crippen LogP contribution in [0.4, 0.5) is 0 Å². The van der Waals surface area contributed by atoms with E-state index in [1.54, 1.807) is 0 Å². The van der Waals surface area contributed by atoms with Crippen molar-refractivity contribution < 1.29 is 14.6 Å². The Morgan fingerprint density at radius 1 is 1.55 bits per heavy atom. The van der Waals surface area contributed by atoms with Gasteiger partial charge in [-0.2, -0.15) is 0 Å². The summed E-state index contributed by atoms with van der Waals surface area (Å²) in [5.41, 5.74) is 1.17. The first kappa shape index (κ1) is 15.9. The molecule has 2 atom stereocenters. The molecule has 1 aliphatic rings. The number of ether oxygens (including phenoxy) is 2. The van der Waals surface area contributed by atoms with Gasteiger partial charge in [0.2, 0.25) is 0 Å². The molecule has 1 fully saturated rings. The first-order valence-corrected chi connectivity index (χ1v) is 7.83. The zero-order chi connectivity index (χ0) is 14.4. The fourth-order valence-electron chi connectivity index (χ4n) is 2.38. The molecule has 1 aromatic carbocycles. The molecular weight excluding hydrogens is 322 g/mol. The van der Waals surface area contributed by atoms with E-state index in [-0.39, 0.29) is 6.10 Å². The molecular formula is C15H22BrNO3. The van der Waals surface area contributed by atoms with Crippen molar-refractivity contribution in [3.8, 4) is 0 Å². The lowest BCUT2D eigenvalue weighted by Gasteiger charge is -2.34. The van der Waals surface area contributed by atoms with Crippen LogP contribution in [0.2, 0.25) is 0 Å². The van der Waals surface area contributed by atoms with Crippen molar-refractivity contribution in [2.75, 3.05) is 39.5 Å². The molecule has 1 aliphatic heterocycles. The Kier molecular flexibility index (Phi) is 6.45. The van der Waals surface area contributed by atoms with Gasteiger partial charge in [-0.05, 0) is 24.6 Å². The summed E-state index contributed by atoms with van der Waals surface area (Å²) < 4.78 is 12.1. The maximum Gasteiger partial charge on any atom is 0.0952 e. The van der Waals surface area contributed by atoms with Crippen LogP contribution in [-0.4, -0.2) is 55.6 Å². The molecule has 20 heavy (non-hydrogen) atoms. The van der Waals surface area contributed by atoms with E-state index in [0.29, 0.717) is 26.4 Å². The highest BCUT2D eigenvalue weighted by Gasteiger charge is 2.23. The number of nitrogens with zero attached hydrogens (tertiary/aromatic N) is 1. The molecule has 1 aromatic rings. The van der Waals surface area contributed by atoms with Crippen molar-refractivity contribution in [3.05, 3.63) is 34.3 Å². The fourth-order valence-corrected chi connectivity index (χ4v) is 2.80. The van der Waals surface area contributed by atoms with Crippen LogP contribution in [0.3, 0.4) is 0 Å². The summed E-state index contributed by atoms with van der Waals surface area (Å²) in [5.74, 6) is 0. The molecule has 4 nitrogen and oxygen atoms in total. The summed E-state index contributed by atoms with van der Waals surface area (Å²) in [6.45, 7) is 5.96. The van der Waals surface area contributed by atoms with Gasteiger partial charge in [-0.3, -0.25) is 4.90 Å². The van der Waals surface area contributed by atoms with Crippen molar-refractivity contribution in [2.45, 2.75) is 19.1 Å². The fraction of sp³-hybridized carbons (Fsp3) is 0.600. The smallest absolute Gasteiger partial charge is 0.0952 e. The monoisotopic (exact) mass is 343 g/mol. The summed E-state index contributed by atoms with van der Waals surface area (Å²) in [7, 11) is 0. The Morgan fingerprint density at radius 2 is 2.40 bits per heavy atom. The Labute approximate surface area is 128 Å². The summed E-state index contributed by atoms with van der Waals surface area (Å²) in [4.78, 5) is 2.23. The van der Waals surface area contributed by atoms with E-state index in [1.807, 2.05) is 19.1 Å². The van der Waals surface area contributed by atoms with E-state index in [0.717, 1.165) is 17.6 Å². The number of benzene rings is 1. The highest BCUT2D eigenvalue weighted by molar-refractivity contribution is 9.10. The predicted octanol–water partition coefficient (Wildman–Crippen LogP) is 2.22. The maximum atomic E-state index is 9.92. The number of halogens is 1. The van der Waals surface area contributed by atoms with Gasteiger partial charge in [0, 0.05) is 30.7 Å². The molecule has 1 saturated heterocycles. The number of aliphatic hydroxyl groups is 1. The van der Waals surface area contributed by atoms with Crippen LogP contribution in [0.15, 0.2) is 28.7 Å². The van der Waals surface area contributed by atoms with Gasteiger partial charge in [0.1, 0.15) is 0 Å². The molecule has 0 bridgehead atoms. The third-order valence-corrected chi connectivity index (χ3v) is 3.85. The lowest BCUT2D eigenvalue weighted by Crippen LogP contribution is -2.43. The van der Waals surface area contributed by atoms with Crippen molar-refractivity contribution in [1.82, 2.24) is 4.90 Å². The average Bonchev–Trinajstić information content (AvgIpc) is 2.45. The van der Waals surface area contributed by atoms with E-state index in [1.165, 1.54) is 5.56 Å². The van der Waals surface area contributed by atoms with Crippen LogP contribution in [0.5, 0.6) is 0 Å². The number of hydrogen-bond donors (Lipinski definition) is 1. The van der Waals surface area contributed by atoms with Gasteiger partial charge >= 0.3 is 0 Å². The van der Waals surface area contributed by atoms with E-state index in [4.69, 9.17) is 9.47 Å². The second-order valence-electron chi connectivity index (χ2n) is 4.99. The second-order valence-corrected chi connectivity index (χ2v) is 5.90. The molecule has 0 aliphatic carbocycles. The molecule has 2 rings (SSSR count). The molecule has 0 radical (unpaired) electrons. The van der Waals surface area contributed by atoms with Gasteiger partial charge in [0.05, 0.1) is 25.4 Å². The third-order valence-electron chi connectivity index (χ3n) is 3.35. The van der Waals surface area contributed by atoms with Crippen LogP contribution < -0.4 is 0 Å². The molecule has 0 amide bonds. The minimum absolute atomic E-state index is 0.0699. The SMILES string of the molecule is CCOC[C@@H](O)CN1CCO[C@@H](c2cccc(Br)c2)C1. The van der Waals surface area contributed by atoms with Crippen molar-refractivity contribution in [2.24, 2.45) is 0 Å². The lowest BCUT2D eigenvalue weighted by molar-refractivity contribution is -0.0517. The van der Waals surface area contributed by atoms with Gasteiger partial charge in [0.15, 0.2) is 0 Å². The van der Waals surface area contributed by atoms with Gasteiger partial charge in [-0.15, -0.1) is 0 Å². The summed E-state index contributed by atoms with van der Waals surface area (Å²) in [6.07, 6.45) is -0.364. The number of hydrogen-bond acceptors (Lipinski definition) is 4. The number of morpholine rings is 1. The quantitative estimate of drug-likeness (QED) is 0.859. The van der Waals surface area contributed by atoms with Crippen LogP contribution >= 0.6 is 15.9 Å². The number of rotatable bonds is 6. The first-order chi connectivity index (χ1) is 9.69. The van der Waals surface area contributed by atoms with Crippen molar-refractivity contribution >= 4 is 15.9 Å². The number of aliphatic hydroxyl groups excluding tert-OH is 1. The van der Waals surface area contributed by atoms with Gasteiger partial charge in [0.25, 0.3) is 0 Å². The molecule has 1 heterocycles. The van der Waals surface area contributed by atoms with Crippen LogP contribution in [0.1, 0.15) is 18.6 Å². The molecule has 1 N–H and O–H groups in total. The maximum absolute atomic E-state index is 9.92. The van der Waals surface area contributed by atoms with Gasteiger partial charge < -0.3 is 14.6 Å². The van der Waals surface area contributed by atoms with E-state index < -0.39 is 6.10 Å². The van der Waals surface area contributed by atoms with Crippen LogP contribution in [0, 0.1) is 0 Å². The summed E-state index contributed by atoms with van der Waals surface area (Å²) >= 11 is 3.49. The highest BCUT2D eigenvalue weighted by Crippen LogP contribution is 2.24. The van der Waals surface area contributed by atoms with Crippen LogP contribution in [0.25, 0.3) is 0 Å². The lowest BCUT2D eigenvalue weighted by atomic mass is 10.1. The standard InChI is InChI=1S/C15H22BrNO3/c1-2-19-11-14(18)9-17-6-7-20-15(10-17)12-4-3-5-13(16)8-12/h3-5,8,14-15,18H,2,6-7,9-11H2,1H3/t14-,15+/m0/s1. The molecule has 5 heteroatoms. The Morgan fingerprint density at radius 3 is 3.15 bits per heavy atom. The number of β-amino-alcohol motifs (C(OH)–C–C–N with tert-alkyl or cyclic N) is 1. The predicted molar refractivity (Wildman–Crippen MR) is 81.8 cm³/mol. The largest absolute Gasteiger partial charge is 0.389 e. The van der Waals surface area contributed by atoms with Crippen molar-refractivity contribution in [3.63, 3.8) is 0 Å². The Balaban J connectivity index is 1.88. The van der Waals surface area contributed by atoms with Crippen molar-refractivity contribution in [1.29, 1.82) is 0 Å². The Bertz CT molecular complexity index is 416. The van der Waals surface area contributed by atoms with Gasteiger partial charge in [-0.1, -0.05) is 28.1 Å². The topological polar surface area (TPSA) is 41.9 Å². The van der Waals surface area contributed by atoms with Gasteiger partial charge in [-0.25, -0.2) is 0 Å². The minimum atomic E-state index is -0.434. The average molecular weight is 344 g/mol.